The van der Waals surface area contributed by atoms with Crippen LogP contribution in [0.1, 0.15) is 45.5 Å². The Morgan fingerprint density at radius 2 is 1.31 bits per heavy atom. The van der Waals surface area contributed by atoms with Crippen molar-refractivity contribution in [3.8, 4) is 22.6 Å². The summed E-state index contributed by atoms with van der Waals surface area (Å²) in [6.45, 7) is 5.42. The van der Waals surface area contributed by atoms with E-state index in [1.807, 2.05) is 18.2 Å². The van der Waals surface area contributed by atoms with Crippen LogP contribution in [0.2, 0.25) is 0 Å². The highest BCUT2D eigenvalue weighted by Gasteiger charge is 2.30. The van der Waals surface area contributed by atoms with Crippen LogP contribution in [-0.4, -0.2) is 48.2 Å². The van der Waals surface area contributed by atoms with E-state index >= 15 is 0 Å². The molecule has 0 unspecified atom stereocenters. The Morgan fingerprint density at radius 3 is 2.00 bits per heavy atom. The van der Waals surface area contributed by atoms with Gasteiger partial charge in [-0.05, 0) is 77.4 Å². The van der Waals surface area contributed by atoms with E-state index in [2.05, 4.69) is 124 Å². The zero-order valence-electron chi connectivity index (χ0n) is 27.4. The van der Waals surface area contributed by atoms with Gasteiger partial charge in [-0.3, -0.25) is 9.69 Å². The zero-order valence-corrected chi connectivity index (χ0v) is 27.4. The molecule has 2 aliphatic heterocycles. The van der Waals surface area contributed by atoms with Crippen molar-refractivity contribution in [2.45, 2.75) is 44.9 Å². The van der Waals surface area contributed by atoms with Gasteiger partial charge in [-0.15, -0.1) is 0 Å². The van der Waals surface area contributed by atoms with Crippen LogP contribution in [-0.2, 0) is 26.1 Å². The minimum Gasteiger partial charge on any atom is -0.454 e. The van der Waals surface area contributed by atoms with Crippen LogP contribution >= 0.6 is 0 Å². The minimum atomic E-state index is 0.0341. The highest BCUT2D eigenvalue weighted by Crippen LogP contribution is 2.34. The number of carbonyl (C=O) groups is 1. The number of hydrogen-bond acceptors (Lipinski definition) is 5. The quantitative estimate of drug-likeness (QED) is 0.142. The lowest BCUT2D eigenvalue weighted by Crippen LogP contribution is -2.46. The van der Waals surface area contributed by atoms with Crippen molar-refractivity contribution in [2.24, 2.45) is 0 Å². The number of hydrogen-bond donors (Lipinski definition) is 1. The van der Waals surface area contributed by atoms with E-state index in [1.165, 1.54) is 27.8 Å². The van der Waals surface area contributed by atoms with Gasteiger partial charge in [0.05, 0.1) is 0 Å². The smallest absolute Gasteiger partial charge is 0.254 e. The number of piperidine rings is 1. The molecule has 6 heteroatoms. The summed E-state index contributed by atoms with van der Waals surface area (Å²) in [5.41, 5.74) is 8.08. The summed E-state index contributed by atoms with van der Waals surface area (Å²) >= 11 is 0. The molecule has 1 N–H and O–H groups in total. The molecule has 244 valence electrons. The van der Waals surface area contributed by atoms with Gasteiger partial charge in [0, 0.05) is 44.3 Å². The molecule has 1 fully saturated rings. The number of amides is 1. The van der Waals surface area contributed by atoms with E-state index in [0.717, 1.165) is 57.5 Å². The SMILES string of the molecule is O=C(c1ccc2c(c1)OCO2)N(Cc1ccc(-c2ccc(CNCCc3ccccc3)cc2)cc1)C1CCN(Cc2ccccc2)CC1. The predicted octanol–water partition coefficient (Wildman–Crippen LogP) is 7.72. The highest BCUT2D eigenvalue weighted by atomic mass is 16.7. The lowest BCUT2D eigenvalue weighted by atomic mass is 9.99. The molecule has 2 heterocycles. The third-order valence-corrected chi connectivity index (χ3v) is 9.48. The monoisotopic (exact) mass is 637 g/mol. The number of carbonyl (C=O) groups excluding carboxylic acids is 1. The van der Waals surface area contributed by atoms with E-state index in [4.69, 9.17) is 9.47 Å². The first-order valence-electron chi connectivity index (χ1n) is 17.1. The predicted molar refractivity (Wildman–Crippen MR) is 191 cm³/mol. The maximum Gasteiger partial charge on any atom is 0.254 e. The molecule has 1 amide bonds. The summed E-state index contributed by atoms with van der Waals surface area (Å²) in [4.78, 5) is 18.7. The van der Waals surface area contributed by atoms with Crippen LogP contribution in [0.15, 0.2) is 127 Å². The first kappa shape index (κ1) is 31.7. The topological polar surface area (TPSA) is 54.0 Å². The average molecular weight is 638 g/mol. The fourth-order valence-electron chi connectivity index (χ4n) is 6.72. The van der Waals surface area contributed by atoms with Gasteiger partial charge >= 0.3 is 0 Å². The molecule has 0 bridgehead atoms. The molecule has 2 aliphatic rings. The number of ether oxygens (including phenoxy) is 2. The first-order valence-corrected chi connectivity index (χ1v) is 17.1. The van der Waals surface area contributed by atoms with Gasteiger partial charge in [0.25, 0.3) is 5.91 Å². The molecule has 7 rings (SSSR count). The molecule has 0 spiro atoms. The van der Waals surface area contributed by atoms with Gasteiger partial charge in [-0.2, -0.15) is 0 Å². The van der Waals surface area contributed by atoms with E-state index in [-0.39, 0.29) is 18.7 Å². The fourth-order valence-corrected chi connectivity index (χ4v) is 6.72. The van der Waals surface area contributed by atoms with Crippen LogP contribution in [0, 0.1) is 0 Å². The summed E-state index contributed by atoms with van der Waals surface area (Å²) in [6.07, 6.45) is 2.90. The number of fused-ring (bicyclic) bond motifs is 1. The summed E-state index contributed by atoms with van der Waals surface area (Å²) in [6, 6.07) is 44.4. The molecule has 0 aliphatic carbocycles. The number of rotatable bonds is 12. The second-order valence-electron chi connectivity index (χ2n) is 12.8. The van der Waals surface area contributed by atoms with E-state index in [0.29, 0.717) is 23.6 Å². The van der Waals surface area contributed by atoms with Crippen molar-refractivity contribution in [2.75, 3.05) is 26.4 Å². The Hall–Kier alpha value is -4.91. The van der Waals surface area contributed by atoms with Crippen LogP contribution < -0.4 is 14.8 Å². The Kier molecular flexibility index (Phi) is 10.1. The molecule has 5 aromatic rings. The highest BCUT2D eigenvalue weighted by molar-refractivity contribution is 5.95. The van der Waals surface area contributed by atoms with Gasteiger partial charge in [0.2, 0.25) is 6.79 Å². The van der Waals surface area contributed by atoms with Gasteiger partial charge in [0.15, 0.2) is 11.5 Å². The van der Waals surface area contributed by atoms with Gasteiger partial charge < -0.3 is 19.7 Å². The third kappa shape index (κ3) is 7.96. The van der Waals surface area contributed by atoms with Crippen molar-refractivity contribution in [1.82, 2.24) is 15.1 Å². The number of likely N-dealkylation sites (tertiary alicyclic amines) is 1. The summed E-state index contributed by atoms with van der Waals surface area (Å²) in [5, 5.41) is 3.56. The standard InChI is InChI=1S/C42H43N3O3/c46-42(38-19-20-40-41(27-38)48-31-47-40)45(39-22-25-44(26-23-39)29-34-9-5-2-6-10-34)30-35-13-17-37(18-14-35)36-15-11-33(12-16-36)28-43-24-21-32-7-3-1-4-8-32/h1-20,27,39,43H,21-26,28-31H2. The normalized spacial score (nSPS) is 14.6. The van der Waals surface area contributed by atoms with Gasteiger partial charge in [-0.1, -0.05) is 109 Å². The second-order valence-corrected chi connectivity index (χ2v) is 12.8. The van der Waals surface area contributed by atoms with Crippen molar-refractivity contribution in [3.05, 3.63) is 155 Å². The molecule has 0 aromatic heterocycles. The molecule has 0 atom stereocenters. The summed E-state index contributed by atoms with van der Waals surface area (Å²) < 4.78 is 11.1. The van der Waals surface area contributed by atoms with Crippen molar-refractivity contribution in [1.29, 1.82) is 0 Å². The lowest BCUT2D eigenvalue weighted by Gasteiger charge is -2.39. The molecular formula is C42H43N3O3. The molecule has 0 saturated carbocycles. The molecular weight excluding hydrogens is 594 g/mol. The number of nitrogens with zero attached hydrogens (tertiary/aromatic N) is 2. The van der Waals surface area contributed by atoms with Crippen molar-refractivity contribution in [3.63, 3.8) is 0 Å². The fraction of sp³-hybridized carbons (Fsp3) is 0.262. The van der Waals surface area contributed by atoms with Gasteiger partial charge in [0.1, 0.15) is 0 Å². The van der Waals surface area contributed by atoms with E-state index < -0.39 is 0 Å². The first-order chi connectivity index (χ1) is 23.7. The van der Waals surface area contributed by atoms with Crippen molar-refractivity contribution >= 4 is 5.91 Å². The largest absolute Gasteiger partial charge is 0.454 e. The third-order valence-electron chi connectivity index (χ3n) is 9.48. The maximum atomic E-state index is 14.1. The Balaban J connectivity index is 0.997. The zero-order chi connectivity index (χ0) is 32.5. The van der Waals surface area contributed by atoms with Crippen LogP contribution in [0.4, 0.5) is 0 Å². The molecule has 48 heavy (non-hydrogen) atoms. The second kappa shape index (κ2) is 15.3. The Morgan fingerprint density at radius 1 is 0.688 bits per heavy atom. The number of nitrogens with one attached hydrogen (secondary N) is 1. The number of benzene rings is 5. The van der Waals surface area contributed by atoms with Gasteiger partial charge in [-0.25, -0.2) is 0 Å². The lowest BCUT2D eigenvalue weighted by molar-refractivity contribution is 0.0542. The van der Waals surface area contributed by atoms with E-state index in [9.17, 15) is 4.79 Å². The maximum absolute atomic E-state index is 14.1. The molecule has 1 saturated heterocycles. The van der Waals surface area contributed by atoms with Crippen LogP contribution in [0.5, 0.6) is 11.5 Å². The average Bonchev–Trinajstić information content (AvgIpc) is 3.62. The summed E-state index contributed by atoms with van der Waals surface area (Å²) in [7, 11) is 0. The summed E-state index contributed by atoms with van der Waals surface area (Å²) in [5.74, 6) is 1.36. The molecule has 0 radical (unpaired) electrons. The van der Waals surface area contributed by atoms with Crippen molar-refractivity contribution < 1.29 is 14.3 Å². The minimum absolute atomic E-state index is 0.0341. The molecule has 6 nitrogen and oxygen atoms in total. The van der Waals surface area contributed by atoms with Crippen LogP contribution in [0.25, 0.3) is 11.1 Å². The Labute approximate surface area is 283 Å². The Bertz CT molecular complexity index is 1770. The molecule has 5 aromatic carbocycles. The van der Waals surface area contributed by atoms with E-state index in [1.54, 1.807) is 0 Å². The van der Waals surface area contributed by atoms with Crippen LogP contribution in [0.3, 0.4) is 0 Å².